The van der Waals surface area contributed by atoms with E-state index in [2.05, 4.69) is 20.4 Å². The molecule has 0 aromatic heterocycles. The van der Waals surface area contributed by atoms with Crippen molar-refractivity contribution in [3.63, 3.8) is 0 Å². The van der Waals surface area contributed by atoms with Crippen LogP contribution in [0.25, 0.3) is 0 Å². The van der Waals surface area contributed by atoms with E-state index in [9.17, 15) is 4.79 Å². The molecule has 3 nitrogen and oxygen atoms in total. The predicted octanol–water partition coefficient (Wildman–Crippen LogP) is 1.53. The van der Waals surface area contributed by atoms with Crippen LogP contribution in [0.1, 0.15) is 20.3 Å². The third kappa shape index (κ3) is 3.19. The van der Waals surface area contributed by atoms with E-state index >= 15 is 0 Å². The second-order valence-electron chi connectivity index (χ2n) is 3.93. The molecular weight excluding hydrogens is 168 g/mol. The summed E-state index contributed by atoms with van der Waals surface area (Å²) >= 11 is 0. The van der Waals surface area contributed by atoms with Crippen molar-refractivity contribution in [2.75, 3.05) is 13.2 Å². The molecule has 0 spiro atoms. The number of hydrogen-bond acceptors (Lipinski definition) is 3. The van der Waals surface area contributed by atoms with Gasteiger partial charge >= 0.3 is 5.97 Å². The van der Waals surface area contributed by atoms with Gasteiger partial charge in [-0.25, -0.2) is 4.79 Å². The first-order chi connectivity index (χ1) is 6.06. The second kappa shape index (κ2) is 3.92. The highest BCUT2D eigenvalue weighted by Crippen LogP contribution is 2.34. The summed E-state index contributed by atoms with van der Waals surface area (Å²) in [6.07, 6.45) is 2.35. The van der Waals surface area contributed by atoms with E-state index in [4.69, 9.17) is 9.47 Å². The van der Waals surface area contributed by atoms with Crippen molar-refractivity contribution in [1.82, 2.24) is 0 Å². The zero-order valence-corrected chi connectivity index (χ0v) is 8.21. The fraction of sp³-hybridized carbons (Fsp3) is 0.700. The van der Waals surface area contributed by atoms with E-state index in [1.807, 2.05) is 0 Å². The summed E-state index contributed by atoms with van der Waals surface area (Å²) in [5, 5.41) is 0. The molecule has 0 bridgehead atoms. The van der Waals surface area contributed by atoms with Gasteiger partial charge in [-0.1, -0.05) is 20.4 Å². The second-order valence-corrected chi connectivity index (χ2v) is 3.93. The average Bonchev–Trinajstić information content (AvgIpc) is 2.85. The lowest BCUT2D eigenvalue weighted by molar-refractivity contribution is -0.138. The normalized spacial score (nSPS) is 20.9. The molecule has 1 saturated heterocycles. The smallest absolute Gasteiger partial charge is 0.330 e. The molecule has 3 heteroatoms. The zero-order valence-electron chi connectivity index (χ0n) is 8.21. The number of esters is 1. The fourth-order valence-electron chi connectivity index (χ4n) is 1.13. The van der Waals surface area contributed by atoms with Gasteiger partial charge in [0, 0.05) is 6.08 Å². The van der Waals surface area contributed by atoms with Gasteiger partial charge in [-0.15, -0.1) is 0 Å². The molecule has 1 fully saturated rings. The fourth-order valence-corrected chi connectivity index (χ4v) is 1.13. The molecule has 1 rings (SSSR count). The van der Waals surface area contributed by atoms with Gasteiger partial charge in [0.15, 0.2) is 0 Å². The Kier molecular flexibility index (Phi) is 3.09. The van der Waals surface area contributed by atoms with Crippen LogP contribution in [0.3, 0.4) is 0 Å². The molecule has 1 aliphatic heterocycles. The molecule has 13 heavy (non-hydrogen) atoms. The molecule has 1 unspecified atom stereocenters. The molecular formula is C10H16O3. The van der Waals surface area contributed by atoms with Crippen molar-refractivity contribution < 1.29 is 14.3 Å². The van der Waals surface area contributed by atoms with Crippen molar-refractivity contribution in [1.29, 1.82) is 0 Å². The number of rotatable bonds is 5. The Hall–Kier alpha value is -0.830. The van der Waals surface area contributed by atoms with Crippen LogP contribution >= 0.6 is 0 Å². The van der Waals surface area contributed by atoms with Crippen molar-refractivity contribution in [2.45, 2.75) is 26.4 Å². The molecule has 0 amide bonds. The molecule has 0 aromatic carbocycles. The summed E-state index contributed by atoms with van der Waals surface area (Å²) in [5.74, 6) is -0.354. The first kappa shape index (κ1) is 10.3. The van der Waals surface area contributed by atoms with Gasteiger partial charge in [-0.3, -0.25) is 0 Å². The lowest BCUT2D eigenvalue weighted by Gasteiger charge is -2.21. The molecule has 0 radical (unpaired) electrons. The quantitative estimate of drug-likeness (QED) is 0.369. The Morgan fingerprint density at radius 3 is 2.85 bits per heavy atom. The van der Waals surface area contributed by atoms with Gasteiger partial charge < -0.3 is 9.47 Å². The van der Waals surface area contributed by atoms with E-state index < -0.39 is 0 Å². The van der Waals surface area contributed by atoms with Crippen LogP contribution in [0.4, 0.5) is 0 Å². The molecule has 1 atom stereocenters. The largest absolute Gasteiger partial charge is 0.463 e. The average molecular weight is 184 g/mol. The first-order valence-electron chi connectivity index (χ1n) is 4.47. The van der Waals surface area contributed by atoms with E-state index in [0.29, 0.717) is 12.7 Å². The molecule has 1 aliphatic rings. The predicted molar refractivity (Wildman–Crippen MR) is 49.3 cm³/mol. The Morgan fingerprint density at radius 1 is 1.77 bits per heavy atom. The number of carbonyl (C=O) groups is 1. The summed E-state index contributed by atoms with van der Waals surface area (Å²) in [5.41, 5.74) is 0.113. The van der Waals surface area contributed by atoms with Crippen molar-refractivity contribution in [3.8, 4) is 0 Å². The molecule has 1 heterocycles. The highest BCUT2D eigenvalue weighted by atomic mass is 16.6. The van der Waals surface area contributed by atoms with Gasteiger partial charge in [-0.2, -0.15) is 0 Å². The van der Waals surface area contributed by atoms with Gasteiger partial charge in [0.1, 0.15) is 0 Å². The van der Waals surface area contributed by atoms with Gasteiger partial charge in [0.2, 0.25) is 0 Å². The molecule has 0 N–H and O–H groups in total. The Labute approximate surface area is 78.7 Å². The monoisotopic (exact) mass is 184 g/mol. The number of carbonyl (C=O) groups excluding carboxylic acids is 1. The maximum atomic E-state index is 10.7. The zero-order chi connectivity index (χ0) is 9.90. The third-order valence-corrected chi connectivity index (χ3v) is 2.36. The van der Waals surface area contributed by atoms with Crippen molar-refractivity contribution in [3.05, 3.63) is 12.7 Å². The summed E-state index contributed by atoms with van der Waals surface area (Å²) in [6.45, 7) is 8.84. The summed E-state index contributed by atoms with van der Waals surface area (Å²) in [7, 11) is 0. The lowest BCUT2D eigenvalue weighted by Crippen LogP contribution is -2.22. The third-order valence-electron chi connectivity index (χ3n) is 2.36. The number of hydrogen-bond donors (Lipinski definition) is 0. The molecule has 0 aliphatic carbocycles. The highest BCUT2D eigenvalue weighted by molar-refractivity contribution is 5.81. The van der Waals surface area contributed by atoms with Crippen LogP contribution < -0.4 is 0 Å². The van der Waals surface area contributed by atoms with Gasteiger partial charge in [-0.05, 0) is 11.8 Å². The van der Waals surface area contributed by atoms with Gasteiger partial charge in [0.05, 0.1) is 19.3 Å². The van der Waals surface area contributed by atoms with Crippen molar-refractivity contribution >= 4 is 5.97 Å². The maximum Gasteiger partial charge on any atom is 0.330 e. The summed E-state index contributed by atoms with van der Waals surface area (Å²) in [4.78, 5) is 10.7. The maximum absolute atomic E-state index is 10.7. The van der Waals surface area contributed by atoms with Crippen LogP contribution in [-0.2, 0) is 14.3 Å². The van der Waals surface area contributed by atoms with Crippen molar-refractivity contribution in [2.24, 2.45) is 5.41 Å². The highest BCUT2D eigenvalue weighted by Gasteiger charge is 2.39. The minimum atomic E-state index is -0.354. The summed E-state index contributed by atoms with van der Waals surface area (Å²) in [6, 6.07) is 0. The Bertz CT molecular complexity index is 204. The van der Waals surface area contributed by atoms with Crippen LogP contribution in [0.5, 0.6) is 0 Å². The number of ether oxygens (including phenoxy) is 2. The van der Waals surface area contributed by atoms with E-state index in [0.717, 1.165) is 13.0 Å². The van der Waals surface area contributed by atoms with Crippen LogP contribution in [-0.4, -0.2) is 25.3 Å². The minimum Gasteiger partial charge on any atom is -0.463 e. The molecule has 74 valence electrons. The summed E-state index contributed by atoms with van der Waals surface area (Å²) < 4.78 is 10.1. The molecule has 0 saturated carbocycles. The topological polar surface area (TPSA) is 38.8 Å². The van der Waals surface area contributed by atoms with E-state index in [1.165, 1.54) is 6.08 Å². The van der Waals surface area contributed by atoms with E-state index in [1.54, 1.807) is 0 Å². The number of epoxide rings is 1. The van der Waals surface area contributed by atoms with Gasteiger partial charge in [0.25, 0.3) is 0 Å². The lowest BCUT2D eigenvalue weighted by atomic mass is 9.86. The minimum absolute atomic E-state index is 0.113. The standard InChI is InChI=1S/C10H16O3/c1-4-9(11)12-6-5-10(2,3)8-7-13-8/h4,8H,1,5-7H2,2-3H3. The first-order valence-corrected chi connectivity index (χ1v) is 4.47. The van der Waals surface area contributed by atoms with Crippen LogP contribution in [0, 0.1) is 5.41 Å². The SMILES string of the molecule is C=CC(=O)OCCC(C)(C)C1CO1. The Morgan fingerprint density at radius 2 is 2.38 bits per heavy atom. The molecule has 0 aromatic rings. The van der Waals surface area contributed by atoms with Crippen LogP contribution in [0.15, 0.2) is 12.7 Å². The van der Waals surface area contributed by atoms with Crippen LogP contribution in [0.2, 0.25) is 0 Å². The Balaban J connectivity index is 2.17. The van der Waals surface area contributed by atoms with E-state index in [-0.39, 0.29) is 11.4 Å².